The molecule has 0 spiro atoms. The van der Waals surface area contributed by atoms with Crippen molar-refractivity contribution in [2.45, 2.75) is 34.6 Å². The summed E-state index contributed by atoms with van der Waals surface area (Å²) in [6, 6.07) is 0. The predicted molar refractivity (Wildman–Crippen MR) is 57.5 cm³/mol. The van der Waals surface area contributed by atoms with Crippen LogP contribution >= 0.6 is 0 Å². The van der Waals surface area contributed by atoms with E-state index in [4.69, 9.17) is 0 Å². The molecule has 1 aliphatic rings. The molecule has 1 heterocycles. The van der Waals surface area contributed by atoms with Crippen molar-refractivity contribution in [2.24, 2.45) is 5.92 Å². The molecular formula is C10H24N2O. The normalized spacial score (nSPS) is 14.7. The molecule has 0 aromatic heterocycles. The zero-order valence-corrected chi connectivity index (χ0v) is 9.85. The molecule has 1 saturated heterocycles. The van der Waals surface area contributed by atoms with Gasteiger partial charge >= 0.3 is 0 Å². The second kappa shape index (κ2) is 9.52. The number of hydrogen-bond acceptors (Lipinski definition) is 2. The van der Waals surface area contributed by atoms with Gasteiger partial charge in [0.05, 0.1) is 13.2 Å². The van der Waals surface area contributed by atoms with E-state index in [-0.39, 0.29) is 5.91 Å². The first-order valence-corrected chi connectivity index (χ1v) is 4.98. The van der Waals surface area contributed by atoms with Crippen LogP contribution in [0.2, 0.25) is 0 Å². The van der Waals surface area contributed by atoms with Crippen molar-refractivity contribution in [1.82, 2.24) is 10.2 Å². The molecule has 0 radical (unpaired) electrons. The molecule has 1 N–H and O–H groups in total. The van der Waals surface area contributed by atoms with Crippen molar-refractivity contribution < 1.29 is 4.79 Å². The standard InChI is InChI=1S/C4H8N2O.C4H10.C2H6/c1-6-3-5-2-4(6)7;1-4(2)3;1-2/h5H,2-3H2,1H3;4H,1-3H3;1-2H3. The topological polar surface area (TPSA) is 32.3 Å². The van der Waals surface area contributed by atoms with Crippen LogP contribution in [-0.4, -0.2) is 31.1 Å². The van der Waals surface area contributed by atoms with Gasteiger partial charge in [-0.2, -0.15) is 0 Å². The average molecular weight is 188 g/mol. The molecule has 13 heavy (non-hydrogen) atoms. The van der Waals surface area contributed by atoms with E-state index in [1.54, 1.807) is 11.9 Å². The number of hydrogen-bond donors (Lipinski definition) is 1. The van der Waals surface area contributed by atoms with Crippen LogP contribution in [0.1, 0.15) is 34.6 Å². The highest BCUT2D eigenvalue weighted by molar-refractivity contribution is 5.79. The molecule has 0 aromatic carbocycles. The number of amides is 1. The fourth-order valence-electron chi connectivity index (χ4n) is 0.554. The van der Waals surface area contributed by atoms with Gasteiger partial charge in [-0.3, -0.25) is 10.1 Å². The summed E-state index contributed by atoms with van der Waals surface area (Å²) in [5.74, 6) is 1.01. The molecular weight excluding hydrogens is 164 g/mol. The number of nitrogens with one attached hydrogen (secondary N) is 1. The zero-order chi connectivity index (χ0) is 10.9. The monoisotopic (exact) mass is 188 g/mol. The molecule has 1 rings (SSSR count). The molecule has 0 aliphatic carbocycles. The van der Waals surface area contributed by atoms with Gasteiger partial charge in [0.1, 0.15) is 0 Å². The fraction of sp³-hybridized carbons (Fsp3) is 0.900. The van der Waals surface area contributed by atoms with E-state index in [1.807, 2.05) is 13.8 Å². The van der Waals surface area contributed by atoms with Crippen molar-refractivity contribution in [1.29, 1.82) is 0 Å². The van der Waals surface area contributed by atoms with Crippen LogP contribution in [-0.2, 0) is 4.79 Å². The van der Waals surface area contributed by atoms with Crippen LogP contribution in [0.4, 0.5) is 0 Å². The van der Waals surface area contributed by atoms with Gasteiger partial charge in [-0.1, -0.05) is 34.6 Å². The molecule has 0 atom stereocenters. The molecule has 1 fully saturated rings. The number of likely N-dealkylation sites (N-methyl/N-ethyl adjacent to an activating group) is 1. The number of rotatable bonds is 0. The Morgan fingerprint density at radius 3 is 1.77 bits per heavy atom. The summed E-state index contributed by atoms with van der Waals surface area (Å²) in [5, 5.41) is 2.90. The Morgan fingerprint density at radius 1 is 1.31 bits per heavy atom. The zero-order valence-electron chi connectivity index (χ0n) is 9.85. The molecule has 3 heteroatoms. The molecule has 0 unspecified atom stereocenters. The van der Waals surface area contributed by atoms with Gasteiger partial charge in [0.25, 0.3) is 0 Å². The quantitative estimate of drug-likeness (QED) is 0.627. The molecule has 3 nitrogen and oxygen atoms in total. The minimum absolute atomic E-state index is 0.181. The van der Waals surface area contributed by atoms with Gasteiger partial charge < -0.3 is 4.90 Å². The highest BCUT2D eigenvalue weighted by Crippen LogP contribution is 1.86. The molecule has 0 aromatic rings. The van der Waals surface area contributed by atoms with Crippen molar-refractivity contribution in [3.63, 3.8) is 0 Å². The minimum atomic E-state index is 0.181. The van der Waals surface area contributed by atoms with Crippen LogP contribution in [0, 0.1) is 5.92 Å². The minimum Gasteiger partial charge on any atom is -0.332 e. The molecule has 0 saturated carbocycles. The van der Waals surface area contributed by atoms with Crippen molar-refractivity contribution in [2.75, 3.05) is 20.3 Å². The summed E-state index contributed by atoms with van der Waals surface area (Å²) in [7, 11) is 1.78. The second-order valence-electron chi connectivity index (χ2n) is 3.41. The SMILES string of the molecule is CC.CC(C)C.CN1CNCC1=O. The Kier molecular flexibility index (Phi) is 10.9. The average Bonchev–Trinajstić information content (AvgIpc) is 2.39. The van der Waals surface area contributed by atoms with Gasteiger partial charge in [0, 0.05) is 7.05 Å². The first-order chi connectivity index (χ1) is 6.04. The number of carbonyl (C=O) groups is 1. The van der Waals surface area contributed by atoms with Crippen LogP contribution < -0.4 is 5.32 Å². The lowest BCUT2D eigenvalue weighted by Crippen LogP contribution is -2.20. The second-order valence-corrected chi connectivity index (χ2v) is 3.41. The maximum absolute atomic E-state index is 10.4. The van der Waals surface area contributed by atoms with Crippen LogP contribution in [0.15, 0.2) is 0 Å². The third kappa shape index (κ3) is 11.4. The predicted octanol–water partition coefficient (Wildman–Crippen LogP) is 1.69. The van der Waals surface area contributed by atoms with E-state index in [2.05, 4.69) is 26.1 Å². The lowest BCUT2D eigenvalue weighted by Gasteiger charge is -2.02. The van der Waals surface area contributed by atoms with Gasteiger partial charge in [0.15, 0.2) is 0 Å². The Balaban J connectivity index is 0. The van der Waals surface area contributed by atoms with E-state index < -0.39 is 0 Å². The highest BCUT2D eigenvalue weighted by Gasteiger charge is 2.13. The summed E-state index contributed by atoms with van der Waals surface area (Å²) in [6.45, 7) is 11.7. The summed E-state index contributed by atoms with van der Waals surface area (Å²) in [5.41, 5.74) is 0. The van der Waals surface area contributed by atoms with E-state index in [1.165, 1.54) is 0 Å². The summed E-state index contributed by atoms with van der Waals surface area (Å²) in [4.78, 5) is 12.1. The summed E-state index contributed by atoms with van der Waals surface area (Å²) >= 11 is 0. The fourth-order valence-corrected chi connectivity index (χ4v) is 0.554. The third-order valence-corrected chi connectivity index (χ3v) is 1.05. The first-order valence-electron chi connectivity index (χ1n) is 4.98. The van der Waals surface area contributed by atoms with Crippen LogP contribution in [0.25, 0.3) is 0 Å². The Labute approximate surface area is 82.5 Å². The van der Waals surface area contributed by atoms with Gasteiger partial charge in [-0.05, 0) is 5.92 Å². The molecule has 80 valence electrons. The van der Waals surface area contributed by atoms with Gasteiger partial charge in [-0.15, -0.1) is 0 Å². The van der Waals surface area contributed by atoms with E-state index in [0.29, 0.717) is 13.2 Å². The van der Waals surface area contributed by atoms with Crippen molar-refractivity contribution in [3.05, 3.63) is 0 Å². The molecule has 1 amide bonds. The maximum Gasteiger partial charge on any atom is 0.237 e. The number of carbonyl (C=O) groups excluding carboxylic acids is 1. The van der Waals surface area contributed by atoms with Crippen LogP contribution in [0.3, 0.4) is 0 Å². The Bertz CT molecular complexity index is 121. The largest absolute Gasteiger partial charge is 0.332 e. The van der Waals surface area contributed by atoms with E-state index in [9.17, 15) is 4.79 Å². The lowest BCUT2D eigenvalue weighted by molar-refractivity contribution is -0.125. The highest BCUT2D eigenvalue weighted by atomic mass is 16.2. The molecule has 0 bridgehead atoms. The Morgan fingerprint density at radius 2 is 1.69 bits per heavy atom. The first kappa shape index (κ1) is 14.9. The Hall–Kier alpha value is -0.570. The van der Waals surface area contributed by atoms with Crippen molar-refractivity contribution in [3.8, 4) is 0 Å². The summed E-state index contributed by atoms with van der Waals surface area (Å²) < 4.78 is 0. The third-order valence-electron chi connectivity index (χ3n) is 1.05. The van der Waals surface area contributed by atoms with E-state index in [0.717, 1.165) is 5.92 Å². The maximum atomic E-state index is 10.4. The van der Waals surface area contributed by atoms with Crippen LogP contribution in [0.5, 0.6) is 0 Å². The summed E-state index contributed by atoms with van der Waals surface area (Å²) in [6.07, 6.45) is 0. The van der Waals surface area contributed by atoms with Gasteiger partial charge in [0.2, 0.25) is 5.91 Å². The van der Waals surface area contributed by atoms with Gasteiger partial charge in [-0.25, -0.2) is 0 Å². The smallest absolute Gasteiger partial charge is 0.237 e. The lowest BCUT2D eigenvalue weighted by atomic mass is 10.3. The van der Waals surface area contributed by atoms with Crippen molar-refractivity contribution >= 4 is 5.91 Å². The number of nitrogens with zero attached hydrogens (tertiary/aromatic N) is 1. The van der Waals surface area contributed by atoms with E-state index >= 15 is 0 Å². The molecule has 1 aliphatic heterocycles.